The van der Waals surface area contributed by atoms with Crippen LogP contribution in [0.3, 0.4) is 0 Å². The zero-order chi connectivity index (χ0) is 22.5. The molecule has 6 nitrogen and oxygen atoms in total. The number of nitrogens with zero attached hydrogens (tertiary/aromatic N) is 2. The number of carbonyl (C=O) groups excluding carboxylic acids is 2. The van der Waals surface area contributed by atoms with Crippen LogP contribution in [0.25, 0.3) is 16.0 Å². The molecule has 1 unspecified atom stereocenters. The number of rotatable bonds is 6. The molecule has 168 valence electrons. The van der Waals surface area contributed by atoms with E-state index in [1.54, 1.807) is 11.9 Å². The number of hydrogen-bond acceptors (Lipinski definition) is 5. The maximum atomic E-state index is 13.7. The van der Waals surface area contributed by atoms with Gasteiger partial charge in [-0.2, -0.15) is 0 Å². The van der Waals surface area contributed by atoms with Crippen molar-refractivity contribution in [3.8, 4) is 10.4 Å². The van der Waals surface area contributed by atoms with Crippen molar-refractivity contribution in [1.29, 1.82) is 0 Å². The molecule has 2 N–H and O–H groups in total. The zero-order valence-corrected chi connectivity index (χ0v) is 19.5. The number of allylic oxidation sites excluding steroid dienone is 4. The van der Waals surface area contributed by atoms with Crippen molar-refractivity contribution >= 4 is 28.7 Å². The Bertz CT molecular complexity index is 1020. The van der Waals surface area contributed by atoms with E-state index in [1.165, 1.54) is 11.3 Å². The minimum absolute atomic E-state index is 0.0318. The third kappa shape index (κ3) is 4.84. The molecule has 4 rings (SSSR count). The van der Waals surface area contributed by atoms with E-state index in [4.69, 9.17) is 4.98 Å². The van der Waals surface area contributed by atoms with E-state index < -0.39 is 0 Å². The Hall–Kier alpha value is -2.77. The van der Waals surface area contributed by atoms with Gasteiger partial charge in [0.25, 0.3) is 5.91 Å². The summed E-state index contributed by atoms with van der Waals surface area (Å²) < 4.78 is 0. The lowest BCUT2D eigenvalue weighted by molar-refractivity contribution is -0.121. The molecular formula is C25H30N4O2S. The van der Waals surface area contributed by atoms with Crippen molar-refractivity contribution in [3.63, 3.8) is 0 Å². The maximum absolute atomic E-state index is 13.7. The predicted octanol–water partition coefficient (Wildman–Crippen LogP) is 3.73. The van der Waals surface area contributed by atoms with Crippen molar-refractivity contribution in [2.45, 2.75) is 32.2 Å². The fourth-order valence-corrected chi connectivity index (χ4v) is 5.34. The Kier molecular flexibility index (Phi) is 7.17. The van der Waals surface area contributed by atoms with Crippen LogP contribution in [0.1, 0.15) is 41.7 Å². The normalized spacial score (nSPS) is 18.8. The van der Waals surface area contributed by atoms with E-state index in [-0.39, 0.29) is 24.4 Å². The fourth-order valence-electron chi connectivity index (χ4n) is 4.29. The molecule has 2 heterocycles. The van der Waals surface area contributed by atoms with Gasteiger partial charge in [0.1, 0.15) is 6.54 Å². The highest BCUT2D eigenvalue weighted by Crippen LogP contribution is 2.39. The Morgan fingerprint density at radius 3 is 2.66 bits per heavy atom. The topological polar surface area (TPSA) is 74.3 Å². The Morgan fingerprint density at radius 2 is 1.97 bits per heavy atom. The SMILES string of the molecule is CNC(=O)CN(C(=O)c1nc(C2=CC=CCC2C)c(-c2ccccc2)s1)C1CCNCC1. The molecule has 2 aromatic rings. The van der Waals surface area contributed by atoms with E-state index in [0.29, 0.717) is 10.9 Å². The second-order valence-corrected chi connectivity index (χ2v) is 9.34. The van der Waals surface area contributed by atoms with Crippen LogP contribution in [0.15, 0.2) is 48.6 Å². The lowest BCUT2D eigenvalue weighted by Crippen LogP contribution is -2.49. The second-order valence-electron chi connectivity index (χ2n) is 8.34. The van der Waals surface area contributed by atoms with Gasteiger partial charge in [0, 0.05) is 13.1 Å². The summed E-state index contributed by atoms with van der Waals surface area (Å²) in [6, 6.07) is 10.2. The van der Waals surface area contributed by atoms with Gasteiger partial charge in [0.2, 0.25) is 5.91 Å². The molecule has 0 radical (unpaired) electrons. The van der Waals surface area contributed by atoms with Crippen molar-refractivity contribution in [2.24, 2.45) is 5.92 Å². The minimum atomic E-state index is -0.161. The molecule has 1 aliphatic heterocycles. The number of carbonyl (C=O) groups is 2. The number of amides is 2. The largest absolute Gasteiger partial charge is 0.358 e. The van der Waals surface area contributed by atoms with Gasteiger partial charge in [-0.15, -0.1) is 11.3 Å². The average Bonchev–Trinajstić information content (AvgIpc) is 3.28. The van der Waals surface area contributed by atoms with Crippen LogP contribution in [0.4, 0.5) is 0 Å². The van der Waals surface area contributed by atoms with Gasteiger partial charge in [-0.1, -0.05) is 55.5 Å². The highest BCUT2D eigenvalue weighted by molar-refractivity contribution is 7.17. The summed E-state index contributed by atoms with van der Waals surface area (Å²) in [4.78, 5) is 33.5. The molecule has 0 spiro atoms. The zero-order valence-electron chi connectivity index (χ0n) is 18.6. The number of hydrogen-bond donors (Lipinski definition) is 2. The van der Waals surface area contributed by atoms with Crippen LogP contribution in [0.5, 0.6) is 0 Å². The molecule has 2 aliphatic rings. The summed E-state index contributed by atoms with van der Waals surface area (Å²) in [5, 5.41) is 6.44. The van der Waals surface area contributed by atoms with Gasteiger partial charge in [-0.25, -0.2) is 4.98 Å². The molecule has 7 heteroatoms. The van der Waals surface area contributed by atoms with E-state index in [9.17, 15) is 9.59 Å². The van der Waals surface area contributed by atoms with Gasteiger partial charge < -0.3 is 15.5 Å². The molecule has 1 aromatic carbocycles. The molecule has 32 heavy (non-hydrogen) atoms. The first-order chi connectivity index (χ1) is 15.6. The number of benzene rings is 1. The van der Waals surface area contributed by atoms with Crippen LogP contribution in [0.2, 0.25) is 0 Å². The molecule has 1 atom stereocenters. The maximum Gasteiger partial charge on any atom is 0.283 e. The molecular weight excluding hydrogens is 420 g/mol. The van der Waals surface area contributed by atoms with E-state index in [2.05, 4.69) is 47.9 Å². The van der Waals surface area contributed by atoms with Gasteiger partial charge in [-0.3, -0.25) is 9.59 Å². The lowest BCUT2D eigenvalue weighted by Gasteiger charge is -2.33. The van der Waals surface area contributed by atoms with Crippen LogP contribution in [-0.2, 0) is 4.79 Å². The molecule has 1 fully saturated rings. The van der Waals surface area contributed by atoms with Gasteiger partial charge in [0.05, 0.1) is 10.6 Å². The van der Waals surface area contributed by atoms with Gasteiger partial charge in [-0.05, 0) is 49.4 Å². The summed E-state index contributed by atoms with van der Waals surface area (Å²) in [6.07, 6.45) is 8.96. The first-order valence-electron chi connectivity index (χ1n) is 11.2. The van der Waals surface area contributed by atoms with Crippen LogP contribution >= 0.6 is 11.3 Å². The van der Waals surface area contributed by atoms with E-state index >= 15 is 0 Å². The van der Waals surface area contributed by atoms with Crippen LogP contribution in [0, 0.1) is 5.92 Å². The monoisotopic (exact) mass is 450 g/mol. The standard InChI is InChI=1S/C25H30N4O2S/c1-17-8-6-7-11-20(17)22-23(18-9-4-3-5-10-18)32-24(28-22)25(31)29(16-21(30)26-2)19-12-14-27-15-13-19/h3-7,9-11,17,19,27H,8,12-16H2,1-2H3,(H,26,30). The molecule has 0 bridgehead atoms. The Morgan fingerprint density at radius 1 is 1.22 bits per heavy atom. The Labute approximate surface area is 193 Å². The fraction of sp³-hybridized carbons (Fsp3) is 0.400. The quantitative estimate of drug-likeness (QED) is 0.703. The molecule has 1 saturated heterocycles. The Balaban J connectivity index is 1.74. The van der Waals surface area contributed by atoms with E-state index in [0.717, 1.165) is 54.1 Å². The van der Waals surface area contributed by atoms with Crippen molar-refractivity contribution in [2.75, 3.05) is 26.7 Å². The summed E-state index contributed by atoms with van der Waals surface area (Å²) in [5.41, 5.74) is 3.09. The highest BCUT2D eigenvalue weighted by Gasteiger charge is 2.31. The van der Waals surface area contributed by atoms with Crippen LogP contribution < -0.4 is 10.6 Å². The summed E-state index contributed by atoms with van der Waals surface area (Å²) >= 11 is 1.43. The average molecular weight is 451 g/mol. The summed E-state index contributed by atoms with van der Waals surface area (Å²) in [7, 11) is 1.60. The lowest BCUT2D eigenvalue weighted by atomic mass is 9.90. The van der Waals surface area contributed by atoms with Gasteiger partial charge >= 0.3 is 0 Å². The molecule has 0 saturated carbocycles. The molecule has 1 aliphatic carbocycles. The predicted molar refractivity (Wildman–Crippen MR) is 129 cm³/mol. The highest BCUT2D eigenvalue weighted by atomic mass is 32.1. The smallest absolute Gasteiger partial charge is 0.283 e. The van der Waals surface area contributed by atoms with E-state index in [1.807, 2.05) is 18.2 Å². The number of aromatic nitrogens is 1. The molecule has 2 amide bonds. The van der Waals surface area contributed by atoms with Crippen molar-refractivity contribution in [1.82, 2.24) is 20.5 Å². The third-order valence-corrected chi connectivity index (χ3v) is 7.25. The number of thiazole rings is 1. The second kappa shape index (κ2) is 10.2. The summed E-state index contributed by atoms with van der Waals surface area (Å²) in [5.74, 6) is 0.0122. The minimum Gasteiger partial charge on any atom is -0.358 e. The van der Waals surface area contributed by atoms with Crippen LogP contribution in [-0.4, -0.2) is 54.4 Å². The van der Waals surface area contributed by atoms with Crippen molar-refractivity contribution in [3.05, 3.63) is 59.3 Å². The first-order valence-corrected chi connectivity index (χ1v) is 12.1. The third-order valence-electron chi connectivity index (χ3n) is 6.16. The summed E-state index contributed by atoms with van der Waals surface area (Å²) in [6.45, 7) is 3.93. The number of nitrogens with one attached hydrogen (secondary N) is 2. The van der Waals surface area contributed by atoms with Crippen molar-refractivity contribution < 1.29 is 9.59 Å². The number of piperidine rings is 1. The van der Waals surface area contributed by atoms with Gasteiger partial charge in [0.15, 0.2) is 5.01 Å². The number of likely N-dealkylation sites (N-methyl/N-ethyl adjacent to an activating group) is 1. The molecule has 1 aromatic heterocycles. The first kappa shape index (κ1) is 22.4.